The van der Waals surface area contributed by atoms with Gasteiger partial charge in [0.1, 0.15) is 0 Å². The molecular formula is C13H10N4O2. The van der Waals surface area contributed by atoms with E-state index in [2.05, 4.69) is 10.1 Å². The zero-order valence-corrected chi connectivity index (χ0v) is 9.82. The number of hydrogen-bond acceptors (Lipinski definition) is 4. The van der Waals surface area contributed by atoms with Crippen molar-refractivity contribution in [1.82, 2.24) is 14.8 Å². The highest BCUT2D eigenvalue weighted by molar-refractivity contribution is 5.92. The summed E-state index contributed by atoms with van der Waals surface area (Å²) in [7, 11) is 0. The standard InChI is InChI=1S/C13H10N4O2/c14-10-7-17(16-11(10)13(18)19)12-9-4-2-1-3-8(9)5-6-15-12/h1-7H,14H2,(H,18,19). The first-order valence-corrected chi connectivity index (χ1v) is 5.59. The summed E-state index contributed by atoms with van der Waals surface area (Å²) in [6, 6.07) is 9.54. The van der Waals surface area contributed by atoms with Crippen LogP contribution in [0, 0.1) is 0 Å². The Morgan fingerprint density at radius 1 is 1.26 bits per heavy atom. The number of fused-ring (bicyclic) bond motifs is 1. The molecule has 19 heavy (non-hydrogen) atoms. The number of rotatable bonds is 2. The van der Waals surface area contributed by atoms with Crippen molar-refractivity contribution >= 4 is 22.4 Å². The number of carbonyl (C=O) groups is 1. The van der Waals surface area contributed by atoms with Crippen LogP contribution in [0.2, 0.25) is 0 Å². The van der Waals surface area contributed by atoms with Crippen LogP contribution in [-0.2, 0) is 0 Å². The Morgan fingerprint density at radius 2 is 2.05 bits per heavy atom. The van der Waals surface area contributed by atoms with Crippen molar-refractivity contribution in [2.24, 2.45) is 0 Å². The molecule has 0 amide bonds. The van der Waals surface area contributed by atoms with Crippen molar-refractivity contribution < 1.29 is 9.90 Å². The molecule has 0 radical (unpaired) electrons. The predicted octanol–water partition coefficient (Wildman–Crippen LogP) is 1.70. The van der Waals surface area contributed by atoms with Gasteiger partial charge in [0.05, 0.1) is 11.9 Å². The molecule has 0 aliphatic heterocycles. The Labute approximate surface area is 108 Å². The summed E-state index contributed by atoms with van der Waals surface area (Å²) in [5, 5.41) is 14.8. The highest BCUT2D eigenvalue weighted by Gasteiger charge is 2.15. The average Bonchev–Trinajstić information content (AvgIpc) is 2.80. The molecule has 0 aliphatic rings. The van der Waals surface area contributed by atoms with Gasteiger partial charge in [-0.2, -0.15) is 5.10 Å². The number of aromatic nitrogens is 3. The van der Waals surface area contributed by atoms with Gasteiger partial charge in [-0.05, 0) is 11.5 Å². The minimum atomic E-state index is -1.16. The quantitative estimate of drug-likeness (QED) is 0.725. The van der Waals surface area contributed by atoms with Crippen LogP contribution in [0.25, 0.3) is 16.6 Å². The molecule has 0 fully saturated rings. The van der Waals surface area contributed by atoms with E-state index < -0.39 is 5.97 Å². The molecular weight excluding hydrogens is 244 g/mol. The molecule has 1 aromatic carbocycles. The molecule has 0 spiro atoms. The summed E-state index contributed by atoms with van der Waals surface area (Å²) in [6.07, 6.45) is 3.11. The Bertz CT molecular complexity index is 774. The van der Waals surface area contributed by atoms with E-state index in [1.807, 2.05) is 30.3 Å². The summed E-state index contributed by atoms with van der Waals surface area (Å²) in [4.78, 5) is 15.2. The van der Waals surface area contributed by atoms with Crippen LogP contribution in [0.1, 0.15) is 10.5 Å². The summed E-state index contributed by atoms with van der Waals surface area (Å²) >= 11 is 0. The molecule has 0 bridgehead atoms. The number of nitrogen functional groups attached to an aromatic ring is 1. The second-order valence-electron chi connectivity index (χ2n) is 4.04. The smallest absolute Gasteiger partial charge is 0.358 e. The first-order valence-electron chi connectivity index (χ1n) is 5.59. The molecule has 3 rings (SSSR count). The highest BCUT2D eigenvalue weighted by atomic mass is 16.4. The molecule has 0 atom stereocenters. The number of hydrogen-bond donors (Lipinski definition) is 2. The minimum absolute atomic E-state index is 0.113. The first-order chi connectivity index (χ1) is 9.16. The van der Waals surface area contributed by atoms with Gasteiger partial charge in [-0.1, -0.05) is 24.3 Å². The number of aromatic carboxylic acids is 1. The van der Waals surface area contributed by atoms with Gasteiger partial charge >= 0.3 is 5.97 Å². The number of nitrogens with two attached hydrogens (primary N) is 1. The van der Waals surface area contributed by atoms with Gasteiger partial charge in [0.25, 0.3) is 0 Å². The van der Waals surface area contributed by atoms with E-state index in [-0.39, 0.29) is 11.4 Å². The van der Waals surface area contributed by atoms with Crippen molar-refractivity contribution in [2.45, 2.75) is 0 Å². The molecule has 3 N–H and O–H groups in total. The lowest BCUT2D eigenvalue weighted by molar-refractivity contribution is 0.0691. The fourth-order valence-corrected chi connectivity index (χ4v) is 1.95. The second-order valence-corrected chi connectivity index (χ2v) is 4.04. The predicted molar refractivity (Wildman–Crippen MR) is 70.2 cm³/mol. The maximum absolute atomic E-state index is 11.0. The van der Waals surface area contributed by atoms with E-state index in [4.69, 9.17) is 10.8 Å². The molecule has 94 valence electrons. The SMILES string of the molecule is Nc1cn(-c2nccc3ccccc23)nc1C(=O)O. The largest absolute Gasteiger partial charge is 0.476 e. The Hall–Kier alpha value is -2.89. The van der Waals surface area contributed by atoms with Crippen molar-refractivity contribution in [3.8, 4) is 5.82 Å². The van der Waals surface area contributed by atoms with Crippen molar-refractivity contribution in [3.63, 3.8) is 0 Å². The van der Waals surface area contributed by atoms with Gasteiger partial charge in [-0.15, -0.1) is 0 Å². The van der Waals surface area contributed by atoms with Crippen LogP contribution in [0.4, 0.5) is 5.69 Å². The molecule has 6 heteroatoms. The van der Waals surface area contributed by atoms with Gasteiger partial charge in [-0.3, -0.25) is 0 Å². The third-order valence-corrected chi connectivity index (χ3v) is 2.81. The van der Waals surface area contributed by atoms with Crippen LogP contribution in [0.5, 0.6) is 0 Å². The number of pyridine rings is 1. The summed E-state index contributed by atoms with van der Waals surface area (Å²) in [6.45, 7) is 0. The van der Waals surface area contributed by atoms with E-state index >= 15 is 0 Å². The lowest BCUT2D eigenvalue weighted by Crippen LogP contribution is -2.03. The van der Waals surface area contributed by atoms with E-state index in [1.54, 1.807) is 6.20 Å². The monoisotopic (exact) mass is 254 g/mol. The van der Waals surface area contributed by atoms with Crippen LogP contribution in [0.15, 0.2) is 42.7 Å². The molecule has 0 aliphatic carbocycles. The van der Waals surface area contributed by atoms with Gasteiger partial charge in [0.2, 0.25) is 0 Å². The molecule has 2 heterocycles. The molecule has 6 nitrogen and oxygen atoms in total. The molecule has 2 aromatic heterocycles. The Balaban J connectivity index is 2.25. The zero-order chi connectivity index (χ0) is 13.4. The van der Waals surface area contributed by atoms with Crippen LogP contribution < -0.4 is 5.73 Å². The highest BCUT2D eigenvalue weighted by Crippen LogP contribution is 2.21. The summed E-state index contributed by atoms with van der Waals surface area (Å²) in [5.41, 5.74) is 5.57. The van der Waals surface area contributed by atoms with Gasteiger partial charge in [-0.25, -0.2) is 14.5 Å². The first kappa shape index (κ1) is 11.2. The third kappa shape index (κ3) is 1.79. The fraction of sp³-hybridized carbons (Fsp3) is 0. The maximum atomic E-state index is 11.0. The molecule has 3 aromatic rings. The van der Waals surface area contributed by atoms with Crippen molar-refractivity contribution in [2.75, 3.05) is 5.73 Å². The lowest BCUT2D eigenvalue weighted by Gasteiger charge is -2.04. The molecule has 0 saturated heterocycles. The van der Waals surface area contributed by atoms with Crippen LogP contribution >= 0.6 is 0 Å². The zero-order valence-electron chi connectivity index (χ0n) is 9.82. The van der Waals surface area contributed by atoms with E-state index in [1.165, 1.54) is 10.9 Å². The number of anilines is 1. The maximum Gasteiger partial charge on any atom is 0.358 e. The minimum Gasteiger partial charge on any atom is -0.476 e. The van der Waals surface area contributed by atoms with Crippen molar-refractivity contribution in [1.29, 1.82) is 0 Å². The van der Waals surface area contributed by atoms with Gasteiger partial charge < -0.3 is 10.8 Å². The van der Waals surface area contributed by atoms with E-state index in [0.717, 1.165) is 10.8 Å². The topological polar surface area (TPSA) is 94.0 Å². The Kier molecular flexibility index (Phi) is 2.42. The average molecular weight is 254 g/mol. The van der Waals surface area contributed by atoms with E-state index in [9.17, 15) is 4.79 Å². The number of carboxylic acids is 1. The van der Waals surface area contributed by atoms with E-state index in [0.29, 0.717) is 5.82 Å². The number of carboxylic acid groups (broad SMARTS) is 1. The summed E-state index contributed by atoms with van der Waals surface area (Å²) in [5.74, 6) is -0.603. The normalized spacial score (nSPS) is 10.7. The molecule has 0 saturated carbocycles. The number of nitrogens with zero attached hydrogens (tertiary/aromatic N) is 3. The third-order valence-electron chi connectivity index (χ3n) is 2.81. The van der Waals surface area contributed by atoms with Gasteiger partial charge in [0, 0.05) is 11.6 Å². The van der Waals surface area contributed by atoms with Crippen LogP contribution in [-0.4, -0.2) is 25.8 Å². The number of benzene rings is 1. The van der Waals surface area contributed by atoms with Gasteiger partial charge in [0.15, 0.2) is 11.5 Å². The van der Waals surface area contributed by atoms with Crippen molar-refractivity contribution in [3.05, 3.63) is 48.4 Å². The Morgan fingerprint density at radius 3 is 2.79 bits per heavy atom. The van der Waals surface area contributed by atoms with Crippen LogP contribution in [0.3, 0.4) is 0 Å². The summed E-state index contributed by atoms with van der Waals surface area (Å²) < 4.78 is 1.39. The fourth-order valence-electron chi connectivity index (χ4n) is 1.95. The molecule has 0 unspecified atom stereocenters. The lowest BCUT2D eigenvalue weighted by atomic mass is 10.1. The second kappa shape index (κ2) is 4.09.